The van der Waals surface area contributed by atoms with Crippen LogP contribution in [0.1, 0.15) is 12.5 Å². The Morgan fingerprint density at radius 2 is 2.06 bits per heavy atom. The number of carbonyl (C=O) groups is 1. The lowest BCUT2D eigenvalue weighted by atomic mass is 9.96. The second-order valence-corrected chi connectivity index (χ2v) is 6.41. The number of hydrogen-bond acceptors (Lipinski definition) is 3. The van der Waals surface area contributed by atoms with E-state index in [-0.39, 0.29) is 4.90 Å². The predicted molar refractivity (Wildman–Crippen MR) is 66.1 cm³/mol. The second-order valence-electron chi connectivity index (χ2n) is 3.79. The van der Waals surface area contributed by atoms with Crippen molar-refractivity contribution < 1.29 is 18.3 Å². The number of benzene rings is 1. The molecule has 90 valence electrons. The molecule has 4 nitrogen and oxygen atoms in total. The van der Waals surface area contributed by atoms with Crippen molar-refractivity contribution in [1.82, 2.24) is 0 Å². The molecular weight excluding hydrogens is 308 g/mol. The second kappa shape index (κ2) is 3.96. The standard InChI is InChI=1S/C11H9BrO4S/c1-6(11(13)14)7-5-17(15,16)9-4-2-3-8(12)10(7)9/h2-6H,1H3,(H,13,14). The highest BCUT2D eigenvalue weighted by molar-refractivity contribution is 9.10. The molecule has 0 saturated heterocycles. The first-order valence-electron chi connectivity index (χ1n) is 4.83. The van der Waals surface area contributed by atoms with Gasteiger partial charge in [-0.15, -0.1) is 0 Å². The van der Waals surface area contributed by atoms with E-state index in [2.05, 4.69) is 15.9 Å². The first kappa shape index (κ1) is 12.3. The molecule has 1 aromatic rings. The minimum Gasteiger partial charge on any atom is -0.481 e. The van der Waals surface area contributed by atoms with Gasteiger partial charge < -0.3 is 5.11 Å². The van der Waals surface area contributed by atoms with Crippen molar-refractivity contribution >= 4 is 37.3 Å². The van der Waals surface area contributed by atoms with Gasteiger partial charge in [-0.3, -0.25) is 4.79 Å². The highest BCUT2D eigenvalue weighted by atomic mass is 79.9. The summed E-state index contributed by atoms with van der Waals surface area (Å²) in [6, 6.07) is 4.79. The van der Waals surface area contributed by atoms with E-state index < -0.39 is 21.7 Å². The van der Waals surface area contributed by atoms with Crippen molar-refractivity contribution in [3.8, 4) is 0 Å². The Morgan fingerprint density at radius 1 is 1.41 bits per heavy atom. The molecule has 0 saturated carbocycles. The van der Waals surface area contributed by atoms with Gasteiger partial charge in [-0.2, -0.15) is 0 Å². The van der Waals surface area contributed by atoms with Crippen LogP contribution in [0.15, 0.2) is 33.0 Å². The predicted octanol–water partition coefficient (Wildman–Crippen LogP) is 2.30. The van der Waals surface area contributed by atoms with Gasteiger partial charge in [-0.05, 0) is 24.6 Å². The summed E-state index contributed by atoms with van der Waals surface area (Å²) in [6.45, 7) is 1.47. The van der Waals surface area contributed by atoms with Gasteiger partial charge in [0.05, 0.1) is 10.8 Å². The highest BCUT2D eigenvalue weighted by Crippen LogP contribution is 2.41. The minimum absolute atomic E-state index is 0.162. The van der Waals surface area contributed by atoms with Crippen molar-refractivity contribution in [2.75, 3.05) is 0 Å². The molecule has 1 aromatic carbocycles. The lowest BCUT2D eigenvalue weighted by Crippen LogP contribution is -2.10. The summed E-state index contributed by atoms with van der Waals surface area (Å²) >= 11 is 3.26. The molecule has 0 aromatic heterocycles. The fraction of sp³-hybridized carbons (Fsp3) is 0.182. The van der Waals surface area contributed by atoms with Gasteiger partial charge in [0.15, 0.2) is 0 Å². The van der Waals surface area contributed by atoms with Gasteiger partial charge in [0, 0.05) is 15.4 Å². The molecule has 0 bridgehead atoms. The van der Waals surface area contributed by atoms with Crippen LogP contribution in [0.25, 0.3) is 5.57 Å². The Hall–Kier alpha value is -1.14. The van der Waals surface area contributed by atoms with Gasteiger partial charge in [0.2, 0.25) is 9.84 Å². The van der Waals surface area contributed by atoms with Crippen LogP contribution >= 0.6 is 15.9 Å². The van der Waals surface area contributed by atoms with Crippen molar-refractivity contribution in [3.63, 3.8) is 0 Å². The first-order valence-corrected chi connectivity index (χ1v) is 7.17. The molecular formula is C11H9BrO4S. The molecule has 0 aliphatic carbocycles. The number of carboxylic acids is 1. The number of rotatable bonds is 2. The third kappa shape index (κ3) is 1.91. The van der Waals surface area contributed by atoms with Crippen LogP contribution in [-0.4, -0.2) is 19.5 Å². The molecule has 0 spiro atoms. The van der Waals surface area contributed by atoms with Crippen LogP contribution in [-0.2, 0) is 14.6 Å². The molecule has 17 heavy (non-hydrogen) atoms. The minimum atomic E-state index is -3.51. The summed E-state index contributed by atoms with van der Waals surface area (Å²) in [7, 11) is -3.51. The lowest BCUT2D eigenvalue weighted by Gasteiger charge is -2.10. The maximum absolute atomic E-state index is 11.9. The number of aliphatic carboxylic acids is 1. The average Bonchev–Trinajstić information content (AvgIpc) is 2.51. The molecule has 1 aliphatic heterocycles. The summed E-state index contributed by atoms with van der Waals surface area (Å²) in [5.41, 5.74) is 0.780. The van der Waals surface area contributed by atoms with Gasteiger partial charge in [-0.25, -0.2) is 8.42 Å². The molecule has 0 radical (unpaired) electrons. The topological polar surface area (TPSA) is 71.4 Å². The molecule has 6 heteroatoms. The largest absolute Gasteiger partial charge is 0.481 e. The summed E-state index contributed by atoms with van der Waals surface area (Å²) < 4.78 is 24.3. The molecule has 1 heterocycles. The Kier molecular flexibility index (Phi) is 2.87. The number of hydrogen-bond donors (Lipinski definition) is 1. The van der Waals surface area contributed by atoms with E-state index >= 15 is 0 Å². The molecule has 1 unspecified atom stereocenters. The normalized spacial score (nSPS) is 18.4. The molecule has 1 atom stereocenters. The lowest BCUT2D eigenvalue weighted by molar-refractivity contribution is -0.139. The highest BCUT2D eigenvalue weighted by Gasteiger charge is 2.33. The Morgan fingerprint density at radius 3 is 2.65 bits per heavy atom. The third-order valence-electron chi connectivity index (χ3n) is 2.69. The van der Waals surface area contributed by atoms with Crippen molar-refractivity contribution in [3.05, 3.63) is 33.6 Å². The molecule has 1 aliphatic rings. The van der Waals surface area contributed by atoms with Crippen LogP contribution in [0.4, 0.5) is 0 Å². The van der Waals surface area contributed by atoms with Crippen molar-refractivity contribution in [1.29, 1.82) is 0 Å². The molecule has 1 N–H and O–H groups in total. The van der Waals surface area contributed by atoms with Gasteiger partial charge in [-0.1, -0.05) is 22.0 Å². The van der Waals surface area contributed by atoms with E-state index in [0.717, 1.165) is 5.41 Å². The Labute approximate surface area is 107 Å². The van der Waals surface area contributed by atoms with Crippen LogP contribution < -0.4 is 0 Å². The van der Waals surface area contributed by atoms with Gasteiger partial charge in [0.25, 0.3) is 0 Å². The van der Waals surface area contributed by atoms with E-state index in [9.17, 15) is 13.2 Å². The van der Waals surface area contributed by atoms with E-state index in [1.54, 1.807) is 12.1 Å². The van der Waals surface area contributed by atoms with E-state index in [4.69, 9.17) is 5.11 Å². The van der Waals surface area contributed by atoms with Crippen LogP contribution in [0.3, 0.4) is 0 Å². The smallest absolute Gasteiger partial charge is 0.310 e. The van der Waals surface area contributed by atoms with Crippen molar-refractivity contribution in [2.45, 2.75) is 11.8 Å². The number of halogens is 1. The third-order valence-corrected chi connectivity index (χ3v) is 4.87. The summed E-state index contributed by atoms with van der Waals surface area (Å²) in [5.74, 6) is -1.90. The SMILES string of the molecule is CC(C(=O)O)C1=CS(=O)(=O)c2cccc(Br)c21. The monoisotopic (exact) mass is 316 g/mol. The van der Waals surface area contributed by atoms with Gasteiger partial charge in [0.1, 0.15) is 0 Å². The van der Waals surface area contributed by atoms with Crippen molar-refractivity contribution in [2.24, 2.45) is 5.92 Å². The summed E-state index contributed by atoms with van der Waals surface area (Å²) in [6.07, 6.45) is 0. The van der Waals surface area contributed by atoms with E-state index in [1.807, 2.05) is 0 Å². The molecule has 2 rings (SSSR count). The molecule has 0 fully saturated rings. The zero-order chi connectivity index (χ0) is 12.8. The average molecular weight is 317 g/mol. The molecule has 0 amide bonds. The zero-order valence-corrected chi connectivity index (χ0v) is 11.2. The van der Waals surface area contributed by atoms with E-state index in [0.29, 0.717) is 15.6 Å². The van der Waals surface area contributed by atoms with E-state index in [1.165, 1.54) is 13.0 Å². The van der Waals surface area contributed by atoms with Crippen LogP contribution in [0.5, 0.6) is 0 Å². The first-order chi connectivity index (χ1) is 7.84. The quantitative estimate of drug-likeness (QED) is 0.908. The number of sulfone groups is 1. The zero-order valence-electron chi connectivity index (χ0n) is 8.84. The number of fused-ring (bicyclic) bond motifs is 1. The Balaban J connectivity index is 2.72. The maximum Gasteiger partial charge on any atom is 0.310 e. The fourth-order valence-electron chi connectivity index (χ4n) is 1.76. The van der Waals surface area contributed by atoms with Crippen LogP contribution in [0.2, 0.25) is 0 Å². The van der Waals surface area contributed by atoms with Crippen LogP contribution in [0, 0.1) is 5.92 Å². The van der Waals surface area contributed by atoms with Gasteiger partial charge >= 0.3 is 5.97 Å². The fourth-order valence-corrected chi connectivity index (χ4v) is 4.05. The summed E-state index contributed by atoms with van der Waals surface area (Å²) in [4.78, 5) is 11.1. The maximum atomic E-state index is 11.9. The Bertz CT molecular complexity index is 631. The number of carboxylic acid groups (broad SMARTS) is 1. The summed E-state index contributed by atoms with van der Waals surface area (Å²) in [5, 5.41) is 10.0.